The summed E-state index contributed by atoms with van der Waals surface area (Å²) in [5, 5.41) is 31.9. The summed E-state index contributed by atoms with van der Waals surface area (Å²) in [4.78, 5) is 24.8. The number of amides is 2. The van der Waals surface area contributed by atoms with Crippen LogP contribution in [0.2, 0.25) is 0 Å². The van der Waals surface area contributed by atoms with Crippen molar-refractivity contribution in [2.75, 3.05) is 11.9 Å². The van der Waals surface area contributed by atoms with Crippen LogP contribution in [0.3, 0.4) is 0 Å². The number of hydrogen-bond acceptors (Lipinski definition) is 9. The van der Waals surface area contributed by atoms with Crippen molar-refractivity contribution >= 4 is 28.3 Å². The monoisotopic (exact) mass is 589 g/mol. The van der Waals surface area contributed by atoms with Crippen molar-refractivity contribution in [3.63, 3.8) is 0 Å². The van der Waals surface area contributed by atoms with Crippen LogP contribution in [0.5, 0.6) is 5.75 Å². The number of aliphatic hydroxyl groups is 1. The molecule has 0 aliphatic carbocycles. The summed E-state index contributed by atoms with van der Waals surface area (Å²) in [6.07, 6.45) is -1.39. The Morgan fingerprint density at radius 2 is 1.85 bits per heavy atom. The van der Waals surface area contributed by atoms with E-state index in [1.165, 1.54) is 29.7 Å². The van der Waals surface area contributed by atoms with Crippen molar-refractivity contribution in [2.45, 2.75) is 44.6 Å². The average Bonchev–Trinajstić information content (AvgIpc) is 3.59. The first-order valence-electron chi connectivity index (χ1n) is 12.5. The van der Waals surface area contributed by atoms with Crippen LogP contribution in [-0.4, -0.2) is 55.1 Å². The molecular weight excluding hydrogens is 563 g/mol. The van der Waals surface area contributed by atoms with Crippen LogP contribution in [0.4, 0.5) is 18.3 Å². The second-order valence-corrected chi connectivity index (χ2v) is 9.93. The quantitative estimate of drug-likeness (QED) is 0.200. The molecule has 2 aromatic heterocycles. The first-order valence-corrected chi connectivity index (χ1v) is 13.3. The summed E-state index contributed by atoms with van der Waals surface area (Å²) in [5.74, 6) is -1.29. The molecule has 0 radical (unpaired) electrons. The van der Waals surface area contributed by atoms with Crippen molar-refractivity contribution in [1.29, 1.82) is 0 Å². The van der Waals surface area contributed by atoms with Gasteiger partial charge in [0, 0.05) is 13.0 Å². The van der Waals surface area contributed by atoms with Gasteiger partial charge in [-0.3, -0.25) is 14.3 Å². The summed E-state index contributed by atoms with van der Waals surface area (Å²) in [7, 11) is 0. The molecule has 1 atom stereocenters. The number of hydrogen-bond donors (Lipinski definition) is 3. The Labute approximate surface area is 236 Å². The summed E-state index contributed by atoms with van der Waals surface area (Å²) >= 11 is 1.21. The number of nitrogens with one attached hydrogen (secondary N) is 2. The van der Waals surface area contributed by atoms with Crippen LogP contribution in [0, 0.1) is 0 Å². The van der Waals surface area contributed by atoms with Gasteiger partial charge in [-0.25, -0.2) is 0 Å². The molecule has 41 heavy (non-hydrogen) atoms. The Bertz CT molecular complexity index is 1450. The highest BCUT2D eigenvalue weighted by Crippen LogP contribution is 2.24. The minimum atomic E-state index is -4.81. The Morgan fingerprint density at radius 3 is 2.61 bits per heavy atom. The number of carbonyl (C=O) groups is 2. The molecular formula is C26H26F3N7O4S. The number of anilines is 1. The van der Waals surface area contributed by atoms with Gasteiger partial charge in [0.2, 0.25) is 11.0 Å². The molecule has 216 valence electrons. The van der Waals surface area contributed by atoms with E-state index in [9.17, 15) is 27.9 Å². The molecule has 0 aliphatic heterocycles. The maximum absolute atomic E-state index is 12.5. The lowest BCUT2D eigenvalue weighted by atomic mass is 10.1. The number of ether oxygens (including phenoxy) is 1. The van der Waals surface area contributed by atoms with E-state index < -0.39 is 30.0 Å². The standard InChI is InChI=1S/C26H26F3N7O4S/c27-26(28,29)40-19-10-6-7-17(13-19)14-22(38)31-25-34-33-23(41-25)11-4-5-12-36-15-20(32-35-36)24(39)30-21(16-37)18-8-2-1-3-9-18/h1-3,6-10,13,15,21,37H,4-5,11-12,14,16H2,(H,30,39)(H,31,34,38)/t21-/m1/s1. The summed E-state index contributed by atoms with van der Waals surface area (Å²) in [5.41, 5.74) is 1.27. The molecule has 0 saturated heterocycles. The van der Waals surface area contributed by atoms with Crippen LogP contribution < -0.4 is 15.4 Å². The number of halogens is 3. The van der Waals surface area contributed by atoms with Crippen molar-refractivity contribution in [3.05, 3.63) is 82.6 Å². The van der Waals surface area contributed by atoms with Gasteiger partial charge in [0.1, 0.15) is 10.8 Å². The van der Waals surface area contributed by atoms with Crippen LogP contribution in [0.15, 0.2) is 60.8 Å². The number of rotatable bonds is 13. The molecule has 11 nitrogen and oxygen atoms in total. The molecule has 2 heterocycles. The Hall–Kier alpha value is -4.37. The van der Waals surface area contributed by atoms with Crippen molar-refractivity contribution in [1.82, 2.24) is 30.5 Å². The largest absolute Gasteiger partial charge is 0.573 e. The first-order chi connectivity index (χ1) is 19.7. The molecule has 4 aromatic rings. The van der Waals surface area contributed by atoms with Crippen LogP contribution >= 0.6 is 11.3 Å². The molecule has 4 rings (SSSR count). The smallest absolute Gasteiger partial charge is 0.406 e. The molecule has 0 spiro atoms. The fraction of sp³-hybridized carbons (Fsp3) is 0.308. The van der Waals surface area contributed by atoms with Gasteiger partial charge in [-0.1, -0.05) is 59.0 Å². The minimum Gasteiger partial charge on any atom is -0.406 e. The van der Waals surface area contributed by atoms with E-state index in [4.69, 9.17) is 0 Å². The van der Waals surface area contributed by atoms with Gasteiger partial charge < -0.3 is 20.5 Å². The van der Waals surface area contributed by atoms with Gasteiger partial charge in [-0.15, -0.1) is 28.5 Å². The number of aryl methyl sites for hydroxylation is 2. The molecule has 0 unspecified atom stereocenters. The van der Waals surface area contributed by atoms with Crippen LogP contribution in [0.1, 0.15) is 45.5 Å². The second kappa shape index (κ2) is 13.8. The predicted molar refractivity (Wildman–Crippen MR) is 142 cm³/mol. The number of unbranched alkanes of at least 4 members (excludes halogenated alkanes) is 1. The fourth-order valence-corrected chi connectivity index (χ4v) is 4.62. The second-order valence-electron chi connectivity index (χ2n) is 8.86. The number of aromatic nitrogens is 5. The van der Waals surface area contributed by atoms with Crippen molar-refractivity contribution in [3.8, 4) is 5.75 Å². The zero-order valence-corrected chi connectivity index (χ0v) is 22.4. The maximum atomic E-state index is 12.5. The average molecular weight is 590 g/mol. The highest BCUT2D eigenvalue weighted by Gasteiger charge is 2.31. The third kappa shape index (κ3) is 9.36. The highest BCUT2D eigenvalue weighted by molar-refractivity contribution is 7.15. The number of benzene rings is 2. The van der Waals surface area contributed by atoms with Gasteiger partial charge in [0.15, 0.2) is 5.69 Å². The Morgan fingerprint density at radius 1 is 1.05 bits per heavy atom. The lowest BCUT2D eigenvalue weighted by Crippen LogP contribution is -2.31. The molecule has 2 amide bonds. The molecule has 0 aliphatic rings. The zero-order valence-electron chi connectivity index (χ0n) is 21.5. The van der Waals surface area contributed by atoms with Gasteiger partial charge in [-0.2, -0.15) is 0 Å². The molecule has 2 aromatic carbocycles. The van der Waals surface area contributed by atoms with Crippen molar-refractivity contribution < 1.29 is 32.6 Å². The van der Waals surface area contributed by atoms with E-state index in [1.807, 2.05) is 30.3 Å². The SMILES string of the molecule is O=C(Cc1cccc(OC(F)(F)F)c1)Nc1nnc(CCCCn2cc(C(=O)N[C@H](CO)c3ccccc3)nn2)s1. The third-order valence-corrected chi connectivity index (χ3v) is 6.60. The van der Waals surface area contributed by atoms with E-state index in [2.05, 4.69) is 35.9 Å². The predicted octanol–water partition coefficient (Wildman–Crippen LogP) is 3.70. The van der Waals surface area contributed by atoms with Gasteiger partial charge in [0.05, 0.1) is 25.3 Å². The fourth-order valence-electron chi connectivity index (χ4n) is 3.82. The van der Waals surface area contributed by atoms with Gasteiger partial charge >= 0.3 is 6.36 Å². The van der Waals surface area contributed by atoms with E-state index >= 15 is 0 Å². The van der Waals surface area contributed by atoms with Gasteiger partial charge in [-0.05, 0) is 36.1 Å². The van der Waals surface area contributed by atoms with E-state index in [0.29, 0.717) is 30.0 Å². The Kier molecular flexibility index (Phi) is 9.97. The number of carbonyl (C=O) groups excluding carboxylic acids is 2. The molecule has 0 saturated carbocycles. The maximum Gasteiger partial charge on any atom is 0.573 e. The Balaban J connectivity index is 1.18. The molecule has 3 N–H and O–H groups in total. The van der Waals surface area contributed by atoms with E-state index in [-0.39, 0.29) is 23.9 Å². The molecule has 0 bridgehead atoms. The molecule has 15 heteroatoms. The zero-order chi connectivity index (χ0) is 29.2. The summed E-state index contributed by atoms with van der Waals surface area (Å²) in [6, 6.07) is 13.8. The first kappa shape index (κ1) is 29.6. The third-order valence-electron chi connectivity index (χ3n) is 5.70. The normalized spacial score (nSPS) is 12.1. The van der Waals surface area contributed by atoms with E-state index in [0.717, 1.165) is 24.1 Å². The van der Waals surface area contributed by atoms with Crippen LogP contribution in [-0.2, 0) is 24.2 Å². The summed E-state index contributed by atoms with van der Waals surface area (Å²) < 4.78 is 42.7. The molecule has 0 fully saturated rings. The van der Waals surface area contributed by atoms with Crippen LogP contribution in [0.25, 0.3) is 0 Å². The minimum absolute atomic E-state index is 0.142. The van der Waals surface area contributed by atoms with Gasteiger partial charge in [0.25, 0.3) is 5.91 Å². The number of alkyl halides is 3. The highest BCUT2D eigenvalue weighted by atomic mass is 32.1. The lowest BCUT2D eigenvalue weighted by molar-refractivity contribution is -0.274. The summed E-state index contributed by atoms with van der Waals surface area (Å²) in [6.45, 7) is 0.261. The number of aliphatic hydroxyl groups excluding tert-OH is 1. The van der Waals surface area contributed by atoms with E-state index in [1.54, 1.807) is 4.68 Å². The lowest BCUT2D eigenvalue weighted by Gasteiger charge is -2.15. The topological polar surface area (TPSA) is 144 Å². The van der Waals surface area contributed by atoms with Crippen molar-refractivity contribution in [2.24, 2.45) is 0 Å². The number of nitrogens with zero attached hydrogens (tertiary/aromatic N) is 5.